The molecule has 0 aliphatic rings. The quantitative estimate of drug-likeness (QED) is 0.618. The van der Waals surface area contributed by atoms with Crippen LogP contribution in [0.25, 0.3) is 0 Å². The summed E-state index contributed by atoms with van der Waals surface area (Å²) >= 11 is 6.01. The Labute approximate surface area is 184 Å². The predicted octanol–water partition coefficient (Wildman–Crippen LogP) is 4.11. The number of aromatic nitrogens is 2. The van der Waals surface area contributed by atoms with Gasteiger partial charge in [-0.1, -0.05) is 37.6 Å². The molecule has 0 bridgehead atoms. The van der Waals surface area contributed by atoms with Crippen molar-refractivity contribution in [3.63, 3.8) is 0 Å². The summed E-state index contributed by atoms with van der Waals surface area (Å²) in [6.45, 7) is 11.0. The number of nitrogens with zero attached hydrogens (tertiary/aromatic N) is 3. The van der Waals surface area contributed by atoms with Gasteiger partial charge in [0.05, 0.1) is 24.2 Å². The molecule has 0 unspecified atom stereocenters. The number of carbonyl (C=O) groups is 1. The van der Waals surface area contributed by atoms with E-state index in [0.717, 1.165) is 0 Å². The van der Waals surface area contributed by atoms with Crippen LogP contribution in [0.1, 0.15) is 45.9 Å². The molecule has 2 rings (SSSR count). The predicted molar refractivity (Wildman–Crippen MR) is 119 cm³/mol. The fraction of sp³-hybridized carbons (Fsp3) is 0.524. The van der Waals surface area contributed by atoms with E-state index in [2.05, 4.69) is 10.3 Å². The van der Waals surface area contributed by atoms with E-state index >= 15 is 0 Å². The second kappa shape index (κ2) is 10.3. The Kier molecular flexibility index (Phi) is 8.32. The van der Waals surface area contributed by atoms with Crippen LogP contribution >= 0.6 is 11.6 Å². The molecule has 0 atom stereocenters. The number of imidazole rings is 1. The summed E-state index contributed by atoms with van der Waals surface area (Å²) < 4.78 is 28.1. The zero-order valence-electron chi connectivity index (χ0n) is 18.2. The van der Waals surface area contributed by atoms with E-state index in [1.165, 1.54) is 0 Å². The Morgan fingerprint density at radius 1 is 1.27 bits per heavy atom. The largest absolute Gasteiger partial charge is 0.338 e. The molecule has 0 fully saturated rings. The molecule has 0 spiro atoms. The lowest BCUT2D eigenvalue weighted by Crippen LogP contribution is -2.43. The van der Waals surface area contributed by atoms with E-state index in [-0.39, 0.29) is 35.4 Å². The average molecular weight is 455 g/mol. The second-order valence-corrected chi connectivity index (χ2v) is 10.3. The molecule has 0 saturated heterocycles. The molecule has 7 nitrogen and oxygen atoms in total. The lowest BCUT2D eigenvalue weighted by molar-refractivity contribution is 0.178. The first-order valence-electron chi connectivity index (χ1n) is 10.1. The lowest BCUT2D eigenvalue weighted by atomic mass is 10.2. The summed E-state index contributed by atoms with van der Waals surface area (Å²) in [7, 11) is -3.70. The van der Waals surface area contributed by atoms with Crippen molar-refractivity contribution < 1.29 is 13.2 Å². The fourth-order valence-electron chi connectivity index (χ4n) is 3.15. The van der Waals surface area contributed by atoms with Crippen LogP contribution in [0.3, 0.4) is 0 Å². The van der Waals surface area contributed by atoms with Gasteiger partial charge in [-0.25, -0.2) is 18.2 Å². The summed E-state index contributed by atoms with van der Waals surface area (Å²) in [6, 6.07) is 6.57. The molecule has 2 amide bonds. The van der Waals surface area contributed by atoms with Crippen LogP contribution in [0.15, 0.2) is 35.6 Å². The van der Waals surface area contributed by atoms with Gasteiger partial charge < -0.3 is 14.8 Å². The highest BCUT2D eigenvalue weighted by atomic mass is 35.5. The van der Waals surface area contributed by atoms with E-state index in [1.807, 2.05) is 34.6 Å². The van der Waals surface area contributed by atoms with Gasteiger partial charge in [-0.3, -0.25) is 0 Å². The standard InChI is InChI=1S/C21H31ClN4O3S/c1-6-23-20(27)25(16(4)5)13-19-11-24-21(26(19)12-15(2)3)30(28,29)14-17-8-7-9-18(22)10-17/h7-11,15-16H,6,12-14H2,1-5H3,(H,23,27). The third kappa shape index (κ3) is 6.22. The van der Waals surface area contributed by atoms with Gasteiger partial charge in [0, 0.05) is 24.2 Å². The van der Waals surface area contributed by atoms with E-state index in [1.54, 1.807) is 39.9 Å². The Balaban J connectivity index is 2.41. The average Bonchev–Trinajstić information content (AvgIpc) is 3.01. The van der Waals surface area contributed by atoms with Crippen molar-refractivity contribution in [3.05, 3.63) is 46.7 Å². The van der Waals surface area contributed by atoms with Gasteiger partial charge in [0.2, 0.25) is 15.0 Å². The summed E-state index contributed by atoms with van der Waals surface area (Å²) in [5, 5.41) is 3.32. The van der Waals surface area contributed by atoms with E-state index in [4.69, 9.17) is 11.6 Å². The highest BCUT2D eigenvalue weighted by Gasteiger charge is 2.26. The van der Waals surface area contributed by atoms with Gasteiger partial charge in [0.25, 0.3) is 0 Å². The van der Waals surface area contributed by atoms with Crippen LogP contribution in [0, 0.1) is 5.92 Å². The van der Waals surface area contributed by atoms with Crippen molar-refractivity contribution in [2.75, 3.05) is 6.54 Å². The van der Waals surface area contributed by atoms with Gasteiger partial charge in [-0.15, -0.1) is 0 Å². The molecule has 1 N–H and O–H groups in total. The minimum absolute atomic E-state index is 0.0192. The molecule has 0 aliphatic heterocycles. The molecule has 9 heteroatoms. The highest BCUT2D eigenvalue weighted by molar-refractivity contribution is 7.90. The zero-order valence-corrected chi connectivity index (χ0v) is 19.8. The Morgan fingerprint density at radius 2 is 1.97 bits per heavy atom. The Morgan fingerprint density at radius 3 is 2.53 bits per heavy atom. The maximum atomic E-state index is 13.2. The van der Waals surface area contributed by atoms with Gasteiger partial charge in [0.1, 0.15) is 0 Å². The van der Waals surface area contributed by atoms with Crippen LogP contribution in [-0.4, -0.2) is 41.5 Å². The molecular formula is C21H31ClN4O3S. The number of hydrogen-bond acceptors (Lipinski definition) is 4. The molecule has 1 aromatic heterocycles. The van der Waals surface area contributed by atoms with Crippen molar-refractivity contribution in [1.29, 1.82) is 0 Å². The summed E-state index contributed by atoms with van der Waals surface area (Å²) in [5.41, 5.74) is 1.29. The molecule has 166 valence electrons. The van der Waals surface area contributed by atoms with Crippen molar-refractivity contribution in [3.8, 4) is 0 Å². The molecule has 0 saturated carbocycles. The minimum atomic E-state index is -3.70. The number of nitrogens with one attached hydrogen (secondary N) is 1. The van der Waals surface area contributed by atoms with Crippen molar-refractivity contribution >= 4 is 27.5 Å². The van der Waals surface area contributed by atoms with Gasteiger partial charge in [-0.05, 0) is 44.4 Å². The fourth-order valence-corrected chi connectivity index (χ4v) is 4.85. The van der Waals surface area contributed by atoms with Gasteiger partial charge in [0.15, 0.2) is 0 Å². The maximum absolute atomic E-state index is 13.2. The number of amides is 2. The van der Waals surface area contributed by atoms with Gasteiger partial charge in [-0.2, -0.15) is 0 Å². The first-order chi connectivity index (χ1) is 14.0. The topological polar surface area (TPSA) is 84.3 Å². The molecule has 0 aliphatic carbocycles. The van der Waals surface area contributed by atoms with Crippen molar-refractivity contribution in [1.82, 2.24) is 19.8 Å². The summed E-state index contributed by atoms with van der Waals surface area (Å²) in [4.78, 5) is 18.4. The van der Waals surface area contributed by atoms with E-state index in [0.29, 0.717) is 29.4 Å². The van der Waals surface area contributed by atoms with Crippen LogP contribution in [0.4, 0.5) is 4.79 Å². The number of urea groups is 1. The monoisotopic (exact) mass is 454 g/mol. The normalized spacial score (nSPS) is 11.9. The Hall–Kier alpha value is -2.06. The molecule has 30 heavy (non-hydrogen) atoms. The first-order valence-corrected chi connectivity index (χ1v) is 12.1. The summed E-state index contributed by atoms with van der Waals surface area (Å²) in [5.74, 6) is 0.0156. The number of benzene rings is 1. The smallest absolute Gasteiger partial charge is 0.317 e. The Bertz CT molecular complexity index is 970. The maximum Gasteiger partial charge on any atom is 0.317 e. The third-order valence-corrected chi connectivity index (χ3v) is 6.35. The number of sulfone groups is 1. The highest BCUT2D eigenvalue weighted by Crippen LogP contribution is 2.22. The van der Waals surface area contributed by atoms with Crippen LogP contribution in [0.2, 0.25) is 5.02 Å². The van der Waals surface area contributed by atoms with E-state index < -0.39 is 9.84 Å². The van der Waals surface area contributed by atoms with Crippen LogP contribution < -0.4 is 5.32 Å². The van der Waals surface area contributed by atoms with Crippen molar-refractivity contribution in [2.24, 2.45) is 5.92 Å². The zero-order chi connectivity index (χ0) is 22.5. The molecule has 0 radical (unpaired) electrons. The minimum Gasteiger partial charge on any atom is -0.338 e. The van der Waals surface area contributed by atoms with E-state index in [9.17, 15) is 13.2 Å². The number of rotatable bonds is 9. The second-order valence-electron chi connectivity index (χ2n) is 7.98. The first kappa shape index (κ1) is 24.2. The molecular weight excluding hydrogens is 424 g/mol. The summed E-state index contributed by atoms with van der Waals surface area (Å²) in [6.07, 6.45) is 1.56. The third-order valence-electron chi connectivity index (χ3n) is 4.52. The van der Waals surface area contributed by atoms with Gasteiger partial charge >= 0.3 is 6.03 Å². The van der Waals surface area contributed by atoms with Crippen LogP contribution in [-0.2, 0) is 28.7 Å². The SMILES string of the molecule is CCNC(=O)N(Cc1cnc(S(=O)(=O)Cc2cccc(Cl)c2)n1CC(C)C)C(C)C. The molecule has 2 aromatic rings. The lowest BCUT2D eigenvalue weighted by Gasteiger charge is -2.27. The number of hydrogen-bond donors (Lipinski definition) is 1. The van der Waals surface area contributed by atoms with Crippen molar-refractivity contribution in [2.45, 2.75) is 64.7 Å². The number of carbonyl (C=O) groups excluding carboxylic acids is 1. The number of halogens is 1. The van der Waals surface area contributed by atoms with Crippen LogP contribution in [0.5, 0.6) is 0 Å². The molecule has 1 aromatic carbocycles. The molecule has 1 heterocycles.